The first kappa shape index (κ1) is 12.7. The first-order valence-electron chi connectivity index (χ1n) is 6.68. The number of aromatic amines is 1. The van der Waals surface area contributed by atoms with E-state index in [1.54, 1.807) is 13.4 Å². The Kier molecular flexibility index (Phi) is 3.41. The zero-order valence-electron chi connectivity index (χ0n) is 11.4. The number of aromatic nitrogens is 2. The minimum atomic E-state index is 0.120. The summed E-state index contributed by atoms with van der Waals surface area (Å²) >= 11 is 0. The van der Waals surface area contributed by atoms with Crippen molar-refractivity contribution in [3.05, 3.63) is 47.5 Å². The van der Waals surface area contributed by atoms with E-state index in [1.165, 1.54) is 0 Å². The molecule has 2 aromatic rings. The minimum absolute atomic E-state index is 0.120. The summed E-state index contributed by atoms with van der Waals surface area (Å²) in [4.78, 5) is 21.6. The van der Waals surface area contributed by atoms with Crippen LogP contribution in [0.15, 0.2) is 30.6 Å². The van der Waals surface area contributed by atoms with Crippen molar-refractivity contribution in [3.63, 3.8) is 0 Å². The van der Waals surface area contributed by atoms with Gasteiger partial charge in [0.2, 0.25) is 5.91 Å². The van der Waals surface area contributed by atoms with Crippen LogP contribution in [0.3, 0.4) is 0 Å². The maximum atomic E-state index is 12.4. The number of hydrogen-bond donors (Lipinski definition) is 1. The number of amides is 1. The number of ether oxygens (including phenoxy) is 1. The lowest BCUT2D eigenvalue weighted by atomic mass is 10.1. The molecule has 0 radical (unpaired) electrons. The maximum Gasteiger partial charge on any atom is 0.227 e. The predicted molar refractivity (Wildman–Crippen MR) is 74.4 cm³/mol. The Morgan fingerprint density at radius 2 is 2.30 bits per heavy atom. The fraction of sp³-hybridized carbons (Fsp3) is 0.333. The van der Waals surface area contributed by atoms with Crippen molar-refractivity contribution < 1.29 is 9.53 Å². The minimum Gasteiger partial charge on any atom is -0.496 e. The molecule has 5 heteroatoms. The van der Waals surface area contributed by atoms with E-state index >= 15 is 0 Å². The molecule has 0 bridgehead atoms. The van der Waals surface area contributed by atoms with Crippen LogP contribution in [0.4, 0.5) is 0 Å². The molecular formula is C15H17N3O2. The van der Waals surface area contributed by atoms with Gasteiger partial charge in [-0.2, -0.15) is 0 Å². The van der Waals surface area contributed by atoms with Gasteiger partial charge in [-0.05, 0) is 6.07 Å². The number of methoxy groups -OCH3 is 1. The molecule has 0 aliphatic carbocycles. The second kappa shape index (κ2) is 5.36. The highest BCUT2D eigenvalue weighted by molar-refractivity contribution is 5.79. The number of imidazole rings is 1. The van der Waals surface area contributed by atoms with Crippen LogP contribution in [0.25, 0.3) is 0 Å². The van der Waals surface area contributed by atoms with E-state index in [9.17, 15) is 4.79 Å². The van der Waals surface area contributed by atoms with E-state index in [0.29, 0.717) is 13.0 Å². The Balaban J connectivity index is 1.71. The van der Waals surface area contributed by atoms with Crippen LogP contribution in [-0.4, -0.2) is 34.4 Å². The Bertz CT molecular complexity index is 621. The second-order valence-corrected chi connectivity index (χ2v) is 4.88. The van der Waals surface area contributed by atoms with Gasteiger partial charge in [-0.25, -0.2) is 4.98 Å². The molecule has 0 saturated heterocycles. The number of fused-ring (bicyclic) bond motifs is 1. The molecule has 1 N–H and O–H groups in total. The van der Waals surface area contributed by atoms with Gasteiger partial charge in [-0.3, -0.25) is 4.79 Å². The quantitative estimate of drug-likeness (QED) is 0.921. The molecule has 5 nitrogen and oxygen atoms in total. The topological polar surface area (TPSA) is 58.2 Å². The Labute approximate surface area is 117 Å². The molecule has 20 heavy (non-hydrogen) atoms. The molecule has 1 aromatic heterocycles. The standard InChI is InChI=1S/C15H17N3O2/c1-20-14-5-3-2-4-11(14)8-15(19)18-7-6-12-13(9-18)17-10-16-12/h2-5,10H,6-9H2,1H3,(H,16,17). The first-order chi connectivity index (χ1) is 9.78. The van der Waals surface area contributed by atoms with Crippen LogP contribution in [-0.2, 0) is 24.2 Å². The predicted octanol–water partition coefficient (Wildman–Crippen LogP) is 1.55. The first-order valence-corrected chi connectivity index (χ1v) is 6.68. The molecule has 1 aromatic carbocycles. The van der Waals surface area contributed by atoms with Crippen LogP contribution >= 0.6 is 0 Å². The number of H-pyrrole nitrogens is 1. The van der Waals surface area contributed by atoms with Crippen LogP contribution in [0, 0.1) is 0 Å². The Morgan fingerprint density at radius 3 is 3.15 bits per heavy atom. The molecule has 0 saturated carbocycles. The highest BCUT2D eigenvalue weighted by atomic mass is 16.5. The van der Waals surface area contributed by atoms with E-state index in [-0.39, 0.29) is 5.91 Å². The van der Waals surface area contributed by atoms with Crippen molar-refractivity contribution in [1.29, 1.82) is 0 Å². The highest BCUT2D eigenvalue weighted by Gasteiger charge is 2.22. The maximum absolute atomic E-state index is 12.4. The monoisotopic (exact) mass is 271 g/mol. The van der Waals surface area contributed by atoms with Gasteiger partial charge in [0.1, 0.15) is 5.75 Å². The zero-order chi connectivity index (χ0) is 13.9. The largest absolute Gasteiger partial charge is 0.496 e. The lowest BCUT2D eigenvalue weighted by Crippen LogP contribution is -2.37. The number of carbonyl (C=O) groups excluding carboxylic acids is 1. The Hall–Kier alpha value is -2.30. The molecule has 1 aliphatic heterocycles. The third kappa shape index (κ3) is 2.39. The number of hydrogen-bond acceptors (Lipinski definition) is 3. The second-order valence-electron chi connectivity index (χ2n) is 4.88. The molecule has 3 rings (SSSR count). The summed E-state index contributed by atoms with van der Waals surface area (Å²) in [5, 5.41) is 0. The van der Waals surface area contributed by atoms with Gasteiger partial charge in [0.05, 0.1) is 37.8 Å². The van der Waals surface area contributed by atoms with E-state index in [4.69, 9.17) is 4.74 Å². The molecule has 1 aliphatic rings. The van der Waals surface area contributed by atoms with Gasteiger partial charge in [-0.15, -0.1) is 0 Å². The number of para-hydroxylation sites is 1. The molecule has 104 valence electrons. The smallest absolute Gasteiger partial charge is 0.227 e. The van der Waals surface area contributed by atoms with Crippen molar-refractivity contribution in [2.75, 3.05) is 13.7 Å². The number of nitrogens with zero attached hydrogens (tertiary/aromatic N) is 2. The summed E-state index contributed by atoms with van der Waals surface area (Å²) in [6.07, 6.45) is 2.88. The average molecular weight is 271 g/mol. The van der Waals surface area contributed by atoms with E-state index in [1.807, 2.05) is 29.2 Å². The Morgan fingerprint density at radius 1 is 1.45 bits per heavy atom. The summed E-state index contributed by atoms with van der Waals surface area (Å²) < 4.78 is 5.29. The van der Waals surface area contributed by atoms with Crippen molar-refractivity contribution in [2.24, 2.45) is 0 Å². The molecule has 0 spiro atoms. The number of benzene rings is 1. The number of carbonyl (C=O) groups is 1. The summed E-state index contributed by atoms with van der Waals surface area (Å²) in [6.45, 7) is 1.34. The third-order valence-corrected chi connectivity index (χ3v) is 3.66. The lowest BCUT2D eigenvalue weighted by molar-refractivity contribution is -0.131. The van der Waals surface area contributed by atoms with Crippen molar-refractivity contribution >= 4 is 5.91 Å². The SMILES string of the molecule is COc1ccccc1CC(=O)N1CCc2nc[nH]c2C1. The zero-order valence-corrected chi connectivity index (χ0v) is 11.4. The normalized spacial score (nSPS) is 13.9. The van der Waals surface area contributed by atoms with Gasteiger partial charge in [0, 0.05) is 18.5 Å². The van der Waals surface area contributed by atoms with Crippen molar-refractivity contribution in [2.45, 2.75) is 19.4 Å². The number of nitrogens with one attached hydrogen (secondary N) is 1. The summed E-state index contributed by atoms with van der Waals surface area (Å²) in [5.74, 6) is 0.884. The molecule has 1 amide bonds. The van der Waals surface area contributed by atoms with E-state index < -0.39 is 0 Å². The van der Waals surface area contributed by atoms with Gasteiger partial charge < -0.3 is 14.6 Å². The lowest BCUT2D eigenvalue weighted by Gasteiger charge is -2.26. The van der Waals surface area contributed by atoms with Crippen LogP contribution in [0.5, 0.6) is 5.75 Å². The van der Waals surface area contributed by atoms with Gasteiger partial charge >= 0.3 is 0 Å². The van der Waals surface area contributed by atoms with E-state index in [2.05, 4.69) is 9.97 Å². The van der Waals surface area contributed by atoms with E-state index in [0.717, 1.165) is 35.7 Å². The average Bonchev–Trinajstić information content (AvgIpc) is 2.95. The molecule has 0 unspecified atom stereocenters. The summed E-state index contributed by atoms with van der Waals surface area (Å²) in [5.41, 5.74) is 3.05. The van der Waals surface area contributed by atoms with Crippen molar-refractivity contribution in [1.82, 2.24) is 14.9 Å². The third-order valence-electron chi connectivity index (χ3n) is 3.66. The van der Waals surface area contributed by atoms with Crippen LogP contribution < -0.4 is 4.74 Å². The molecule has 2 heterocycles. The molecule has 0 fully saturated rings. The fourth-order valence-electron chi connectivity index (χ4n) is 2.55. The van der Waals surface area contributed by atoms with Gasteiger partial charge in [0.25, 0.3) is 0 Å². The summed E-state index contributed by atoms with van der Waals surface area (Å²) in [7, 11) is 1.63. The fourth-order valence-corrected chi connectivity index (χ4v) is 2.55. The van der Waals surface area contributed by atoms with Crippen molar-refractivity contribution in [3.8, 4) is 5.75 Å². The van der Waals surface area contributed by atoms with Gasteiger partial charge in [0.15, 0.2) is 0 Å². The number of rotatable bonds is 3. The molecular weight excluding hydrogens is 254 g/mol. The summed E-state index contributed by atoms with van der Waals surface area (Å²) in [6, 6.07) is 7.65. The molecule has 0 atom stereocenters. The highest BCUT2D eigenvalue weighted by Crippen LogP contribution is 2.20. The van der Waals surface area contributed by atoms with Crippen LogP contribution in [0.1, 0.15) is 17.0 Å². The van der Waals surface area contributed by atoms with Gasteiger partial charge in [-0.1, -0.05) is 18.2 Å². The van der Waals surface area contributed by atoms with Crippen LogP contribution in [0.2, 0.25) is 0 Å².